The summed E-state index contributed by atoms with van der Waals surface area (Å²) < 4.78 is 39.0. The molecule has 2 rings (SSSR count). The number of hydrogen-bond donors (Lipinski definition) is 1. The minimum Gasteiger partial charge on any atom is -0.277 e. The molecule has 1 aromatic carbocycles. The number of anilines is 1. The van der Waals surface area contributed by atoms with E-state index in [2.05, 4.69) is 4.72 Å². The standard InChI is InChI=1S/C10H7ClFNO2S2/c11-8-6-7(12)3-4-9(8)13-17(14,15)10-2-1-5-16-10/h1-6,13H. The number of nitrogens with one attached hydrogen (secondary N) is 1. The summed E-state index contributed by atoms with van der Waals surface area (Å²) in [6.45, 7) is 0. The van der Waals surface area contributed by atoms with Crippen LogP contribution in [0.4, 0.5) is 10.1 Å². The summed E-state index contributed by atoms with van der Waals surface area (Å²) in [5, 5.41) is 1.67. The fourth-order valence-electron chi connectivity index (χ4n) is 1.18. The van der Waals surface area contributed by atoms with Gasteiger partial charge in [0.25, 0.3) is 10.0 Å². The first-order valence-corrected chi connectivity index (χ1v) is 7.24. The molecule has 0 aliphatic heterocycles. The average Bonchev–Trinajstić information content (AvgIpc) is 2.76. The lowest BCUT2D eigenvalue weighted by Gasteiger charge is -2.07. The molecule has 0 saturated carbocycles. The van der Waals surface area contributed by atoms with Crippen LogP contribution in [0.5, 0.6) is 0 Å². The van der Waals surface area contributed by atoms with Gasteiger partial charge in [-0.15, -0.1) is 11.3 Å². The maximum absolute atomic E-state index is 12.8. The van der Waals surface area contributed by atoms with Gasteiger partial charge in [0.2, 0.25) is 0 Å². The summed E-state index contributed by atoms with van der Waals surface area (Å²) in [5.74, 6) is -0.519. The van der Waals surface area contributed by atoms with Gasteiger partial charge in [-0.1, -0.05) is 17.7 Å². The van der Waals surface area contributed by atoms with Crippen LogP contribution in [0.2, 0.25) is 5.02 Å². The molecule has 1 heterocycles. The van der Waals surface area contributed by atoms with Crippen LogP contribution in [0.3, 0.4) is 0 Å². The zero-order valence-corrected chi connectivity index (χ0v) is 10.7. The fourth-order valence-corrected chi connectivity index (χ4v) is 3.53. The molecule has 0 unspecified atom stereocenters. The van der Waals surface area contributed by atoms with Crippen LogP contribution in [0, 0.1) is 5.82 Å². The minimum atomic E-state index is -3.64. The molecule has 0 bridgehead atoms. The van der Waals surface area contributed by atoms with Crippen molar-refractivity contribution in [3.63, 3.8) is 0 Å². The van der Waals surface area contributed by atoms with Crippen LogP contribution in [0.25, 0.3) is 0 Å². The molecule has 0 saturated heterocycles. The van der Waals surface area contributed by atoms with Gasteiger partial charge in [0.1, 0.15) is 10.0 Å². The van der Waals surface area contributed by atoms with Crippen molar-refractivity contribution in [2.75, 3.05) is 4.72 Å². The molecule has 0 aliphatic rings. The smallest absolute Gasteiger partial charge is 0.271 e. The third kappa shape index (κ3) is 2.77. The van der Waals surface area contributed by atoms with Crippen molar-refractivity contribution in [3.8, 4) is 0 Å². The van der Waals surface area contributed by atoms with Crippen molar-refractivity contribution in [1.82, 2.24) is 0 Å². The van der Waals surface area contributed by atoms with Gasteiger partial charge in [0.15, 0.2) is 0 Å². The molecule has 17 heavy (non-hydrogen) atoms. The number of thiophene rings is 1. The zero-order valence-electron chi connectivity index (χ0n) is 8.35. The molecular weight excluding hydrogens is 285 g/mol. The minimum absolute atomic E-state index is 0.0186. The highest BCUT2D eigenvalue weighted by Gasteiger charge is 2.16. The van der Waals surface area contributed by atoms with E-state index in [1.165, 1.54) is 12.1 Å². The summed E-state index contributed by atoms with van der Waals surface area (Å²) in [5.41, 5.74) is 0.154. The third-order valence-corrected chi connectivity index (χ3v) is 5.01. The molecule has 3 nitrogen and oxygen atoms in total. The number of hydrogen-bond acceptors (Lipinski definition) is 3. The van der Waals surface area contributed by atoms with Gasteiger partial charge in [-0.25, -0.2) is 12.8 Å². The highest BCUT2D eigenvalue weighted by molar-refractivity contribution is 7.94. The van der Waals surface area contributed by atoms with Gasteiger partial charge >= 0.3 is 0 Å². The predicted molar refractivity (Wildman–Crippen MR) is 66.5 cm³/mol. The summed E-state index contributed by atoms with van der Waals surface area (Å²) in [7, 11) is -3.64. The van der Waals surface area contributed by atoms with Crippen LogP contribution in [-0.2, 0) is 10.0 Å². The second-order valence-electron chi connectivity index (χ2n) is 3.16. The van der Waals surface area contributed by atoms with Gasteiger partial charge in [0, 0.05) is 0 Å². The first kappa shape index (κ1) is 12.3. The first-order valence-electron chi connectivity index (χ1n) is 4.50. The lowest BCUT2D eigenvalue weighted by Crippen LogP contribution is -2.11. The Labute approximate surface area is 107 Å². The molecule has 0 atom stereocenters. The molecular formula is C10H7ClFNO2S2. The molecule has 0 radical (unpaired) electrons. The van der Waals surface area contributed by atoms with Crippen LogP contribution in [0.15, 0.2) is 39.9 Å². The summed E-state index contributed by atoms with van der Waals surface area (Å²) in [4.78, 5) is 0. The van der Waals surface area contributed by atoms with Crippen LogP contribution >= 0.6 is 22.9 Å². The first-order chi connectivity index (χ1) is 7.99. The highest BCUT2D eigenvalue weighted by atomic mass is 35.5. The average molecular weight is 292 g/mol. The van der Waals surface area contributed by atoms with E-state index in [0.29, 0.717) is 0 Å². The number of rotatable bonds is 3. The lowest BCUT2D eigenvalue weighted by atomic mass is 10.3. The van der Waals surface area contributed by atoms with Gasteiger partial charge in [-0.3, -0.25) is 4.72 Å². The normalized spacial score (nSPS) is 11.4. The number of halogens is 2. The lowest BCUT2D eigenvalue weighted by molar-refractivity contribution is 0.603. The Morgan fingerprint density at radius 1 is 1.29 bits per heavy atom. The Morgan fingerprint density at radius 2 is 2.06 bits per heavy atom. The quantitative estimate of drug-likeness (QED) is 0.943. The molecule has 2 aromatic rings. The molecule has 90 valence electrons. The van der Waals surface area contributed by atoms with E-state index >= 15 is 0 Å². The maximum atomic E-state index is 12.8. The Balaban J connectivity index is 2.33. The van der Waals surface area contributed by atoms with E-state index in [1.807, 2.05) is 0 Å². The maximum Gasteiger partial charge on any atom is 0.271 e. The van der Waals surface area contributed by atoms with E-state index in [9.17, 15) is 12.8 Å². The van der Waals surface area contributed by atoms with Crippen molar-refractivity contribution in [3.05, 3.63) is 46.6 Å². The van der Waals surface area contributed by atoms with Gasteiger partial charge in [-0.05, 0) is 29.6 Å². The second-order valence-corrected chi connectivity index (χ2v) is 6.43. The summed E-state index contributed by atoms with van der Waals surface area (Å²) >= 11 is 6.82. The Morgan fingerprint density at radius 3 is 2.65 bits per heavy atom. The molecule has 7 heteroatoms. The van der Waals surface area contributed by atoms with Crippen molar-refractivity contribution >= 4 is 38.6 Å². The number of benzene rings is 1. The molecule has 1 aromatic heterocycles. The van der Waals surface area contributed by atoms with Crippen LogP contribution in [-0.4, -0.2) is 8.42 Å². The zero-order chi connectivity index (χ0) is 12.5. The van der Waals surface area contributed by atoms with Crippen molar-refractivity contribution in [2.45, 2.75) is 4.21 Å². The summed E-state index contributed by atoms with van der Waals surface area (Å²) in [6.07, 6.45) is 0. The third-order valence-electron chi connectivity index (χ3n) is 1.94. The van der Waals surface area contributed by atoms with E-state index in [4.69, 9.17) is 11.6 Å². The topological polar surface area (TPSA) is 46.2 Å². The van der Waals surface area contributed by atoms with Crippen molar-refractivity contribution < 1.29 is 12.8 Å². The van der Waals surface area contributed by atoms with E-state index in [-0.39, 0.29) is 14.9 Å². The van der Waals surface area contributed by atoms with Gasteiger partial charge in [-0.2, -0.15) is 0 Å². The molecule has 0 spiro atoms. The fraction of sp³-hybridized carbons (Fsp3) is 0. The monoisotopic (exact) mass is 291 g/mol. The van der Waals surface area contributed by atoms with E-state index in [1.54, 1.807) is 11.4 Å². The van der Waals surface area contributed by atoms with Crippen LogP contribution in [0.1, 0.15) is 0 Å². The molecule has 0 aliphatic carbocycles. The van der Waals surface area contributed by atoms with Crippen LogP contribution < -0.4 is 4.72 Å². The van der Waals surface area contributed by atoms with Gasteiger partial charge < -0.3 is 0 Å². The second kappa shape index (κ2) is 4.64. The SMILES string of the molecule is O=S(=O)(Nc1ccc(F)cc1Cl)c1cccs1. The molecule has 0 fully saturated rings. The Kier molecular flexibility index (Phi) is 3.37. The largest absolute Gasteiger partial charge is 0.277 e. The Hall–Kier alpha value is -1.11. The predicted octanol–water partition coefficient (Wildman–Crippen LogP) is 3.34. The molecule has 1 N–H and O–H groups in total. The van der Waals surface area contributed by atoms with Crippen molar-refractivity contribution in [1.29, 1.82) is 0 Å². The summed E-state index contributed by atoms with van der Waals surface area (Å²) in [6, 6.07) is 6.57. The highest BCUT2D eigenvalue weighted by Crippen LogP contribution is 2.26. The number of sulfonamides is 1. The van der Waals surface area contributed by atoms with Gasteiger partial charge in [0.05, 0.1) is 10.7 Å². The van der Waals surface area contributed by atoms with Crippen molar-refractivity contribution in [2.24, 2.45) is 0 Å². The molecule has 0 amide bonds. The Bertz CT molecular complexity index is 626. The van der Waals surface area contributed by atoms with E-state index in [0.717, 1.165) is 23.5 Å². The van der Waals surface area contributed by atoms with E-state index < -0.39 is 15.8 Å².